The van der Waals surface area contributed by atoms with Crippen LogP contribution in [-0.4, -0.2) is 37.3 Å². The Balaban J connectivity index is 1.73. The fourth-order valence-corrected chi connectivity index (χ4v) is 5.66. The number of ether oxygens (including phenoxy) is 3. The number of carboxylic acids is 1. The molecule has 0 spiro atoms. The van der Waals surface area contributed by atoms with Gasteiger partial charge in [-0.3, -0.25) is 9.59 Å². The lowest BCUT2D eigenvalue weighted by Crippen LogP contribution is -2.35. The lowest BCUT2D eigenvalue weighted by molar-refractivity contribution is -0.144. The molecule has 0 bridgehead atoms. The largest absolute Gasteiger partial charge is 0.497 e. The number of hydrogen-bond acceptors (Lipinski definition) is 6. The molecule has 188 valence electrons. The molecule has 7 heteroatoms. The predicted octanol–water partition coefficient (Wildman–Crippen LogP) is 4.95. The van der Waals surface area contributed by atoms with Gasteiger partial charge in [-0.1, -0.05) is 44.9 Å². The first-order valence-corrected chi connectivity index (χ1v) is 12.5. The van der Waals surface area contributed by atoms with Crippen molar-refractivity contribution in [3.8, 4) is 17.2 Å². The van der Waals surface area contributed by atoms with Gasteiger partial charge in [-0.2, -0.15) is 0 Å². The van der Waals surface area contributed by atoms with Crippen molar-refractivity contribution in [2.75, 3.05) is 20.4 Å². The maximum absolute atomic E-state index is 14.1. The molecule has 0 radical (unpaired) electrons. The number of carbonyl (C=O) groups is 2. The Labute approximate surface area is 206 Å². The number of aliphatic carboxylic acids is 1. The summed E-state index contributed by atoms with van der Waals surface area (Å²) in [7, 11) is 1.60. The van der Waals surface area contributed by atoms with Crippen LogP contribution in [0.2, 0.25) is 0 Å². The molecule has 2 aliphatic heterocycles. The summed E-state index contributed by atoms with van der Waals surface area (Å²) in [6, 6.07) is 12.6. The molecule has 1 fully saturated rings. The third-order valence-electron chi connectivity index (χ3n) is 7.32. The maximum Gasteiger partial charge on any atom is 0.308 e. The summed E-state index contributed by atoms with van der Waals surface area (Å²) in [6.07, 6.45) is 3.41. The van der Waals surface area contributed by atoms with E-state index in [1.165, 1.54) is 0 Å². The molecule has 0 aliphatic carbocycles. The number of fused-ring (bicyclic) bond motifs is 1. The topological polar surface area (TPSA) is 94.1 Å². The van der Waals surface area contributed by atoms with Crippen LogP contribution in [0.25, 0.3) is 0 Å². The van der Waals surface area contributed by atoms with Crippen molar-refractivity contribution in [2.45, 2.75) is 51.5 Å². The Hall–Kier alpha value is -3.06. The Bertz CT molecular complexity index is 1030. The highest BCUT2D eigenvalue weighted by atomic mass is 16.7. The number of rotatable bonds is 11. The molecule has 1 saturated heterocycles. The van der Waals surface area contributed by atoms with E-state index in [1.54, 1.807) is 7.11 Å². The van der Waals surface area contributed by atoms with E-state index in [2.05, 4.69) is 19.2 Å². The van der Waals surface area contributed by atoms with Gasteiger partial charge in [-0.15, -0.1) is 0 Å². The van der Waals surface area contributed by atoms with Crippen LogP contribution in [0.15, 0.2) is 42.5 Å². The summed E-state index contributed by atoms with van der Waals surface area (Å²) in [5.41, 5.74) is 1.67. The van der Waals surface area contributed by atoms with Crippen LogP contribution in [0.4, 0.5) is 0 Å². The van der Waals surface area contributed by atoms with Crippen molar-refractivity contribution in [2.24, 2.45) is 17.8 Å². The van der Waals surface area contributed by atoms with E-state index in [9.17, 15) is 14.7 Å². The molecule has 0 saturated carbocycles. The Kier molecular flexibility index (Phi) is 7.96. The van der Waals surface area contributed by atoms with Crippen LogP contribution in [0.1, 0.15) is 62.6 Å². The first-order valence-electron chi connectivity index (χ1n) is 12.5. The van der Waals surface area contributed by atoms with E-state index >= 15 is 0 Å². The quantitative estimate of drug-likeness (QED) is 0.469. The Morgan fingerprint density at radius 3 is 2.37 bits per heavy atom. The fourth-order valence-electron chi connectivity index (χ4n) is 5.66. The lowest BCUT2D eigenvalue weighted by atomic mass is 9.71. The molecular formula is C28H35NO6. The minimum Gasteiger partial charge on any atom is -0.497 e. The van der Waals surface area contributed by atoms with Gasteiger partial charge in [0.15, 0.2) is 11.5 Å². The Morgan fingerprint density at radius 2 is 1.74 bits per heavy atom. The van der Waals surface area contributed by atoms with Crippen molar-refractivity contribution in [1.29, 1.82) is 0 Å². The normalized spacial score (nSPS) is 21.8. The van der Waals surface area contributed by atoms with Gasteiger partial charge in [0, 0.05) is 30.3 Å². The second-order valence-corrected chi connectivity index (χ2v) is 9.45. The van der Waals surface area contributed by atoms with Gasteiger partial charge in [-0.05, 0) is 48.2 Å². The number of benzene rings is 2. The summed E-state index contributed by atoms with van der Waals surface area (Å²) < 4.78 is 16.3. The number of carbonyl (C=O) groups excluding carboxylic acids is 1. The van der Waals surface area contributed by atoms with E-state index < -0.39 is 29.8 Å². The molecule has 2 aromatic rings. The zero-order valence-electron chi connectivity index (χ0n) is 20.7. The van der Waals surface area contributed by atoms with E-state index in [0.29, 0.717) is 23.8 Å². The van der Waals surface area contributed by atoms with Crippen LogP contribution < -0.4 is 19.5 Å². The van der Waals surface area contributed by atoms with E-state index in [1.807, 2.05) is 42.5 Å². The molecule has 2 aromatic carbocycles. The standard InChI is InChI=1S/C28H35NO6/c1-4-6-18(7-5-2)27(30)24(19-10-13-22-23(14-19)35-16-34-22)21-15-29-26(25(21)28(31)32)17-8-11-20(33-3)12-9-17/h8-14,18,21,24-26,29H,4-7,15-16H2,1-3H3,(H,31,32). The van der Waals surface area contributed by atoms with Crippen molar-refractivity contribution in [3.05, 3.63) is 53.6 Å². The Morgan fingerprint density at radius 1 is 1.06 bits per heavy atom. The summed E-state index contributed by atoms with van der Waals surface area (Å²) in [5, 5.41) is 13.8. The maximum atomic E-state index is 14.1. The summed E-state index contributed by atoms with van der Waals surface area (Å²) in [4.78, 5) is 26.8. The first-order chi connectivity index (χ1) is 17.0. The van der Waals surface area contributed by atoms with E-state index in [4.69, 9.17) is 14.2 Å². The number of ketones is 1. The number of nitrogens with one attached hydrogen (secondary N) is 1. The third-order valence-corrected chi connectivity index (χ3v) is 7.32. The van der Waals surface area contributed by atoms with Gasteiger partial charge in [0.25, 0.3) is 0 Å². The van der Waals surface area contributed by atoms with Gasteiger partial charge in [-0.25, -0.2) is 0 Å². The van der Waals surface area contributed by atoms with E-state index in [-0.39, 0.29) is 18.5 Å². The van der Waals surface area contributed by atoms with Crippen LogP contribution in [0.3, 0.4) is 0 Å². The van der Waals surface area contributed by atoms with E-state index in [0.717, 1.165) is 36.8 Å². The lowest BCUT2D eigenvalue weighted by Gasteiger charge is -2.30. The zero-order chi connectivity index (χ0) is 24.9. The SMILES string of the molecule is CCCC(CCC)C(=O)C(c1ccc2c(c1)OCO2)C1CNC(c2ccc(OC)cc2)C1C(=O)O. The molecule has 0 amide bonds. The highest BCUT2D eigenvalue weighted by Gasteiger charge is 2.48. The molecule has 0 aromatic heterocycles. The molecule has 4 unspecified atom stereocenters. The zero-order valence-corrected chi connectivity index (χ0v) is 20.7. The predicted molar refractivity (Wildman–Crippen MR) is 132 cm³/mol. The second-order valence-electron chi connectivity index (χ2n) is 9.45. The molecule has 2 heterocycles. The monoisotopic (exact) mass is 481 g/mol. The molecule has 2 aliphatic rings. The van der Waals surface area contributed by atoms with Crippen LogP contribution in [-0.2, 0) is 9.59 Å². The summed E-state index contributed by atoms with van der Waals surface area (Å²) in [6.45, 7) is 4.75. The van der Waals surface area contributed by atoms with Gasteiger partial charge >= 0.3 is 5.97 Å². The van der Waals surface area contributed by atoms with Crippen molar-refractivity contribution in [3.63, 3.8) is 0 Å². The molecular weight excluding hydrogens is 446 g/mol. The summed E-state index contributed by atoms with van der Waals surface area (Å²) in [5.74, 6) is -0.621. The van der Waals surface area contributed by atoms with Gasteiger partial charge in [0.2, 0.25) is 6.79 Å². The average Bonchev–Trinajstić information content (AvgIpc) is 3.51. The van der Waals surface area contributed by atoms with Gasteiger partial charge in [0.05, 0.1) is 13.0 Å². The van der Waals surface area contributed by atoms with Crippen molar-refractivity contribution in [1.82, 2.24) is 5.32 Å². The minimum absolute atomic E-state index is 0.102. The van der Waals surface area contributed by atoms with Crippen LogP contribution in [0, 0.1) is 17.8 Å². The van der Waals surface area contributed by atoms with Gasteiger partial charge < -0.3 is 24.6 Å². The number of Topliss-reactive ketones (excluding diaryl/α,β-unsaturated/α-hetero) is 1. The number of carboxylic acid groups (broad SMARTS) is 1. The fraction of sp³-hybridized carbons (Fsp3) is 0.500. The van der Waals surface area contributed by atoms with Crippen molar-refractivity contribution < 1.29 is 28.9 Å². The molecule has 35 heavy (non-hydrogen) atoms. The highest BCUT2D eigenvalue weighted by molar-refractivity contribution is 5.89. The van der Waals surface area contributed by atoms with Crippen molar-refractivity contribution >= 4 is 11.8 Å². The summed E-state index contributed by atoms with van der Waals surface area (Å²) >= 11 is 0. The molecule has 4 atom stereocenters. The van der Waals surface area contributed by atoms with Crippen LogP contribution >= 0.6 is 0 Å². The molecule has 4 rings (SSSR count). The number of hydrogen-bond donors (Lipinski definition) is 2. The first kappa shape index (κ1) is 25.0. The smallest absolute Gasteiger partial charge is 0.308 e. The van der Waals surface area contributed by atoms with Crippen LogP contribution in [0.5, 0.6) is 17.2 Å². The molecule has 2 N–H and O–H groups in total. The molecule has 7 nitrogen and oxygen atoms in total. The minimum atomic E-state index is -0.901. The van der Waals surface area contributed by atoms with Gasteiger partial charge in [0.1, 0.15) is 11.5 Å². The number of methoxy groups -OCH3 is 1. The second kappa shape index (κ2) is 11.1. The third kappa shape index (κ3) is 5.15. The highest BCUT2D eigenvalue weighted by Crippen LogP contribution is 2.46. The average molecular weight is 482 g/mol.